The van der Waals surface area contributed by atoms with E-state index in [-0.39, 0.29) is 17.8 Å². The van der Waals surface area contributed by atoms with Gasteiger partial charge in [0.25, 0.3) is 0 Å². The highest BCUT2D eigenvalue weighted by Crippen LogP contribution is 2.20. The predicted octanol–water partition coefficient (Wildman–Crippen LogP) is 2.56. The van der Waals surface area contributed by atoms with Crippen molar-refractivity contribution < 1.29 is 13.9 Å². The van der Waals surface area contributed by atoms with Gasteiger partial charge in [0.2, 0.25) is 5.91 Å². The number of benzene rings is 1. The summed E-state index contributed by atoms with van der Waals surface area (Å²) in [5.41, 5.74) is 0. The normalized spacial score (nSPS) is 16.6. The number of methoxy groups -OCH3 is 1. The van der Waals surface area contributed by atoms with Crippen molar-refractivity contribution in [3.05, 3.63) is 30.1 Å². The molecule has 0 aromatic heterocycles. The van der Waals surface area contributed by atoms with Crippen molar-refractivity contribution in [1.82, 2.24) is 4.90 Å². The highest BCUT2D eigenvalue weighted by Gasteiger charge is 2.22. The van der Waals surface area contributed by atoms with Gasteiger partial charge in [-0.15, -0.1) is 11.8 Å². The van der Waals surface area contributed by atoms with E-state index in [0.29, 0.717) is 5.75 Å². The van der Waals surface area contributed by atoms with Gasteiger partial charge in [-0.2, -0.15) is 0 Å². The molecule has 1 aliphatic rings. The number of carbonyl (C=O) groups excluding carboxylic acids is 1. The zero-order chi connectivity index (χ0) is 13.7. The van der Waals surface area contributed by atoms with Crippen LogP contribution in [-0.2, 0) is 9.53 Å². The van der Waals surface area contributed by atoms with Crippen LogP contribution >= 0.6 is 11.8 Å². The molecular weight excluding hydrogens is 265 g/mol. The lowest BCUT2D eigenvalue weighted by atomic mass is 10.1. The van der Waals surface area contributed by atoms with Gasteiger partial charge in [0.15, 0.2) is 0 Å². The van der Waals surface area contributed by atoms with Gasteiger partial charge in [-0.25, -0.2) is 4.39 Å². The van der Waals surface area contributed by atoms with Crippen molar-refractivity contribution in [2.24, 2.45) is 0 Å². The molecule has 1 aromatic rings. The molecule has 3 nitrogen and oxygen atoms in total. The highest BCUT2D eigenvalue weighted by molar-refractivity contribution is 8.00. The van der Waals surface area contributed by atoms with Crippen LogP contribution < -0.4 is 0 Å². The topological polar surface area (TPSA) is 29.5 Å². The molecule has 0 atom stereocenters. The lowest BCUT2D eigenvalue weighted by Gasteiger charge is -2.31. The van der Waals surface area contributed by atoms with E-state index in [2.05, 4.69) is 0 Å². The number of amides is 1. The molecule has 1 heterocycles. The highest BCUT2D eigenvalue weighted by atomic mass is 32.2. The maximum Gasteiger partial charge on any atom is 0.232 e. The summed E-state index contributed by atoms with van der Waals surface area (Å²) in [6.45, 7) is 1.53. The third-order valence-electron chi connectivity index (χ3n) is 3.30. The standard InChI is InChI=1S/C14H18FNO2S/c1-18-12-6-8-16(9-7-12)14(17)10-19-13-4-2-11(15)3-5-13/h2-5,12H,6-10H2,1H3. The number of halogens is 1. The molecule has 0 unspecified atom stereocenters. The van der Waals surface area contributed by atoms with E-state index in [1.807, 2.05) is 4.90 Å². The van der Waals surface area contributed by atoms with E-state index in [1.165, 1.54) is 23.9 Å². The zero-order valence-corrected chi connectivity index (χ0v) is 11.8. The van der Waals surface area contributed by atoms with E-state index < -0.39 is 0 Å². The number of carbonyl (C=O) groups is 1. The van der Waals surface area contributed by atoms with Gasteiger partial charge in [-0.1, -0.05) is 0 Å². The molecule has 1 fully saturated rings. The van der Waals surface area contributed by atoms with Gasteiger partial charge >= 0.3 is 0 Å². The predicted molar refractivity (Wildman–Crippen MR) is 73.7 cm³/mol. The van der Waals surface area contributed by atoms with Crippen molar-refractivity contribution in [2.75, 3.05) is 26.0 Å². The second kappa shape index (κ2) is 6.91. The van der Waals surface area contributed by atoms with E-state index in [4.69, 9.17) is 4.74 Å². The minimum absolute atomic E-state index is 0.142. The molecular formula is C14H18FNO2S. The van der Waals surface area contributed by atoms with Crippen LogP contribution in [-0.4, -0.2) is 42.9 Å². The van der Waals surface area contributed by atoms with Crippen LogP contribution in [0.25, 0.3) is 0 Å². The van der Waals surface area contributed by atoms with E-state index in [1.54, 1.807) is 19.2 Å². The maximum atomic E-state index is 12.8. The molecule has 1 amide bonds. The lowest BCUT2D eigenvalue weighted by Crippen LogP contribution is -2.41. The number of hydrogen-bond acceptors (Lipinski definition) is 3. The van der Waals surface area contributed by atoms with Gasteiger partial charge in [0.1, 0.15) is 5.82 Å². The summed E-state index contributed by atoms with van der Waals surface area (Å²) in [5, 5.41) is 0. The number of piperidine rings is 1. The summed E-state index contributed by atoms with van der Waals surface area (Å²) in [6, 6.07) is 6.22. The first-order valence-electron chi connectivity index (χ1n) is 6.38. The largest absolute Gasteiger partial charge is 0.381 e. The minimum atomic E-state index is -0.252. The Morgan fingerprint density at radius 3 is 2.58 bits per heavy atom. The molecule has 1 aliphatic heterocycles. The maximum absolute atomic E-state index is 12.8. The molecule has 19 heavy (non-hydrogen) atoms. The number of hydrogen-bond donors (Lipinski definition) is 0. The fraction of sp³-hybridized carbons (Fsp3) is 0.500. The third-order valence-corrected chi connectivity index (χ3v) is 4.30. The zero-order valence-electron chi connectivity index (χ0n) is 11.0. The van der Waals surface area contributed by atoms with E-state index in [0.717, 1.165) is 30.8 Å². The van der Waals surface area contributed by atoms with Crippen LogP contribution in [0.1, 0.15) is 12.8 Å². The summed E-state index contributed by atoms with van der Waals surface area (Å²) < 4.78 is 18.0. The Kier molecular flexibility index (Phi) is 5.22. The monoisotopic (exact) mass is 283 g/mol. The van der Waals surface area contributed by atoms with Gasteiger partial charge in [-0.05, 0) is 37.1 Å². The number of nitrogens with zero attached hydrogens (tertiary/aromatic N) is 1. The van der Waals surface area contributed by atoms with Crippen molar-refractivity contribution in [2.45, 2.75) is 23.8 Å². The smallest absolute Gasteiger partial charge is 0.232 e. The molecule has 2 rings (SSSR count). The van der Waals surface area contributed by atoms with Crippen LogP contribution in [0.15, 0.2) is 29.2 Å². The second-order valence-corrected chi connectivity index (χ2v) is 5.61. The van der Waals surface area contributed by atoms with E-state index >= 15 is 0 Å². The molecule has 5 heteroatoms. The van der Waals surface area contributed by atoms with Crippen molar-refractivity contribution >= 4 is 17.7 Å². The Hall–Kier alpha value is -1.07. The number of ether oxygens (including phenoxy) is 1. The molecule has 1 saturated heterocycles. The molecule has 0 aliphatic carbocycles. The molecule has 104 valence electrons. The summed E-state index contributed by atoms with van der Waals surface area (Å²) in [7, 11) is 1.71. The number of rotatable bonds is 4. The second-order valence-electron chi connectivity index (χ2n) is 4.56. The molecule has 1 aromatic carbocycles. The minimum Gasteiger partial charge on any atom is -0.381 e. The first kappa shape index (κ1) is 14.3. The first-order valence-corrected chi connectivity index (χ1v) is 7.36. The molecule has 0 bridgehead atoms. The van der Waals surface area contributed by atoms with Gasteiger partial charge in [-0.3, -0.25) is 4.79 Å². The summed E-state index contributed by atoms with van der Waals surface area (Å²) >= 11 is 1.45. The van der Waals surface area contributed by atoms with Gasteiger partial charge < -0.3 is 9.64 Å². The average molecular weight is 283 g/mol. The van der Waals surface area contributed by atoms with E-state index in [9.17, 15) is 9.18 Å². The Labute approximate surface area is 117 Å². The number of thioether (sulfide) groups is 1. The summed E-state index contributed by atoms with van der Waals surface area (Å²) in [6.07, 6.45) is 2.10. The molecule has 0 radical (unpaired) electrons. The Bertz CT molecular complexity index is 416. The van der Waals surface area contributed by atoms with Crippen molar-refractivity contribution in [3.8, 4) is 0 Å². The SMILES string of the molecule is COC1CCN(C(=O)CSc2ccc(F)cc2)CC1. The van der Waals surface area contributed by atoms with Crippen LogP contribution in [0.2, 0.25) is 0 Å². The van der Waals surface area contributed by atoms with Gasteiger partial charge in [0, 0.05) is 25.1 Å². The summed E-state index contributed by atoms with van der Waals surface area (Å²) in [5.74, 6) is 0.296. The average Bonchev–Trinajstić information content (AvgIpc) is 2.46. The van der Waals surface area contributed by atoms with Crippen molar-refractivity contribution in [1.29, 1.82) is 0 Å². The van der Waals surface area contributed by atoms with Crippen LogP contribution in [0, 0.1) is 5.82 Å². The Balaban J connectivity index is 1.77. The lowest BCUT2D eigenvalue weighted by molar-refractivity contribution is -0.130. The fourth-order valence-electron chi connectivity index (χ4n) is 2.11. The fourth-order valence-corrected chi connectivity index (χ4v) is 2.91. The molecule has 0 saturated carbocycles. The molecule has 0 N–H and O–H groups in total. The quantitative estimate of drug-likeness (QED) is 0.795. The first-order chi connectivity index (χ1) is 9.19. The Morgan fingerprint density at radius 2 is 2.00 bits per heavy atom. The van der Waals surface area contributed by atoms with Crippen LogP contribution in [0.3, 0.4) is 0 Å². The van der Waals surface area contributed by atoms with Gasteiger partial charge in [0.05, 0.1) is 11.9 Å². The number of likely N-dealkylation sites (tertiary alicyclic amines) is 1. The van der Waals surface area contributed by atoms with Crippen LogP contribution in [0.4, 0.5) is 4.39 Å². The van der Waals surface area contributed by atoms with Crippen molar-refractivity contribution in [3.63, 3.8) is 0 Å². The summed E-state index contributed by atoms with van der Waals surface area (Å²) in [4.78, 5) is 14.8. The third kappa shape index (κ3) is 4.21. The van der Waals surface area contributed by atoms with Crippen LogP contribution in [0.5, 0.6) is 0 Å². The Morgan fingerprint density at radius 1 is 1.37 bits per heavy atom. The molecule has 0 spiro atoms.